The molecule has 0 aliphatic carbocycles. The Hall–Kier alpha value is -0.0901. The number of halogens is 2. The molecule has 0 aliphatic rings. The third-order valence-electron chi connectivity index (χ3n) is 1.53. The van der Waals surface area contributed by atoms with Crippen LogP contribution in [-0.2, 0) is 0 Å². The molecule has 0 amide bonds. The summed E-state index contributed by atoms with van der Waals surface area (Å²) in [6.07, 6.45) is 0. The molecule has 58 valence electrons. The van der Waals surface area contributed by atoms with Crippen LogP contribution in [0.3, 0.4) is 0 Å². The first kappa shape index (κ1) is 9.91. The molecule has 0 spiro atoms. The maximum Gasteiger partial charge on any atom is 0.440 e. The minimum absolute atomic E-state index is 1.15. The van der Waals surface area contributed by atoms with Crippen LogP contribution in [0.15, 0.2) is 0 Å². The van der Waals surface area contributed by atoms with Crippen LogP contribution in [0, 0.1) is 0 Å². The Morgan fingerprint density at radius 1 is 0.900 bits per heavy atom. The highest BCUT2D eigenvalue weighted by Crippen LogP contribution is 2.00. The topological polar surface area (TPSA) is 6.48 Å². The number of hydrazine groups is 1. The SMILES string of the molecule is CB(F)N(C)N(C)B(C)F. The molecule has 0 aliphatic heterocycles. The van der Waals surface area contributed by atoms with Crippen LogP contribution in [0.25, 0.3) is 0 Å². The standard InChI is InChI=1S/C4H12B2F2N2/c1-5(7)9(3)10(4)6(2)8/h1-4H3. The highest BCUT2D eigenvalue weighted by atomic mass is 19.1. The fourth-order valence-electron chi connectivity index (χ4n) is 0.502. The highest BCUT2D eigenvalue weighted by Gasteiger charge is 2.24. The molecule has 0 saturated carbocycles. The maximum atomic E-state index is 12.4. The zero-order valence-corrected chi connectivity index (χ0v) is 6.81. The molecule has 0 heterocycles. The Morgan fingerprint density at radius 2 is 1.10 bits per heavy atom. The summed E-state index contributed by atoms with van der Waals surface area (Å²) < 4.78 is 24.8. The van der Waals surface area contributed by atoms with Gasteiger partial charge in [0.05, 0.1) is 0 Å². The zero-order chi connectivity index (χ0) is 8.31. The van der Waals surface area contributed by atoms with Crippen molar-refractivity contribution in [3.05, 3.63) is 0 Å². The smallest absolute Gasteiger partial charge is 0.310 e. The molecule has 0 atom stereocenters. The van der Waals surface area contributed by atoms with Crippen LogP contribution in [0.2, 0.25) is 13.6 Å². The normalized spacial score (nSPS) is 10.8. The van der Waals surface area contributed by atoms with Crippen molar-refractivity contribution in [1.29, 1.82) is 0 Å². The molecular formula is C4H12B2F2N2. The lowest BCUT2D eigenvalue weighted by Crippen LogP contribution is -2.48. The monoisotopic (exact) mass is 148 g/mol. The van der Waals surface area contributed by atoms with Crippen molar-refractivity contribution in [3.8, 4) is 0 Å². The van der Waals surface area contributed by atoms with Gasteiger partial charge < -0.3 is 8.63 Å². The van der Waals surface area contributed by atoms with Gasteiger partial charge in [-0.2, -0.15) is 0 Å². The molecule has 0 rings (SSSR count). The summed E-state index contributed by atoms with van der Waals surface area (Å²) in [5, 5.41) is 0. The molecule has 0 fully saturated rings. The molecule has 6 heteroatoms. The average Bonchev–Trinajstić information content (AvgIpc) is 1.84. The summed E-state index contributed by atoms with van der Waals surface area (Å²) in [4.78, 5) is 2.40. The van der Waals surface area contributed by atoms with Crippen molar-refractivity contribution < 1.29 is 8.63 Å². The Bertz CT molecular complexity index is 89.3. The van der Waals surface area contributed by atoms with E-state index in [2.05, 4.69) is 0 Å². The predicted molar refractivity (Wildman–Crippen MR) is 41.0 cm³/mol. The molecule has 2 nitrogen and oxygen atoms in total. The lowest BCUT2D eigenvalue weighted by molar-refractivity contribution is 0.201. The summed E-state index contributed by atoms with van der Waals surface area (Å²) >= 11 is 0. The lowest BCUT2D eigenvalue weighted by Gasteiger charge is -2.27. The van der Waals surface area contributed by atoms with Crippen molar-refractivity contribution in [1.82, 2.24) is 9.84 Å². The van der Waals surface area contributed by atoms with E-state index in [1.165, 1.54) is 37.6 Å². The number of nitrogens with zero attached hydrogens (tertiary/aromatic N) is 2. The number of hydrogen-bond acceptors (Lipinski definition) is 2. The molecular weight excluding hydrogens is 136 g/mol. The van der Waals surface area contributed by atoms with Gasteiger partial charge in [-0.3, -0.25) is 9.84 Å². The molecule has 0 radical (unpaired) electrons. The Balaban J connectivity index is 3.81. The maximum absolute atomic E-state index is 12.4. The fourth-order valence-corrected chi connectivity index (χ4v) is 0.502. The third-order valence-corrected chi connectivity index (χ3v) is 1.53. The van der Waals surface area contributed by atoms with Crippen LogP contribution in [0.5, 0.6) is 0 Å². The van der Waals surface area contributed by atoms with Crippen molar-refractivity contribution in [3.63, 3.8) is 0 Å². The second-order valence-corrected chi connectivity index (χ2v) is 2.30. The minimum atomic E-state index is -1.15. The van der Waals surface area contributed by atoms with Crippen molar-refractivity contribution in [2.75, 3.05) is 14.1 Å². The van der Waals surface area contributed by atoms with E-state index in [9.17, 15) is 8.63 Å². The Kier molecular flexibility index (Phi) is 3.89. The molecule has 0 aromatic carbocycles. The summed E-state index contributed by atoms with van der Waals surface area (Å²) in [5.74, 6) is 0. The van der Waals surface area contributed by atoms with E-state index >= 15 is 0 Å². The number of hydrogen-bond donors (Lipinski definition) is 0. The molecule has 0 unspecified atom stereocenters. The van der Waals surface area contributed by atoms with Crippen LogP contribution in [0.1, 0.15) is 0 Å². The van der Waals surface area contributed by atoms with E-state index in [0.717, 1.165) is 0 Å². The van der Waals surface area contributed by atoms with Crippen molar-refractivity contribution >= 4 is 14.2 Å². The second kappa shape index (κ2) is 3.93. The Morgan fingerprint density at radius 3 is 1.20 bits per heavy atom. The van der Waals surface area contributed by atoms with Gasteiger partial charge in [0, 0.05) is 0 Å². The van der Waals surface area contributed by atoms with E-state index in [4.69, 9.17) is 0 Å². The van der Waals surface area contributed by atoms with E-state index in [0.29, 0.717) is 0 Å². The van der Waals surface area contributed by atoms with Gasteiger partial charge in [0.2, 0.25) is 0 Å². The van der Waals surface area contributed by atoms with Gasteiger partial charge in [-0.05, 0) is 27.7 Å². The third kappa shape index (κ3) is 2.66. The molecule has 0 aromatic rings. The van der Waals surface area contributed by atoms with Crippen LogP contribution in [0.4, 0.5) is 8.63 Å². The van der Waals surface area contributed by atoms with Crippen LogP contribution in [-0.4, -0.2) is 38.2 Å². The lowest BCUT2D eigenvalue weighted by atomic mass is 9.86. The van der Waals surface area contributed by atoms with E-state index in [1.54, 1.807) is 0 Å². The van der Waals surface area contributed by atoms with Gasteiger partial charge in [0.1, 0.15) is 0 Å². The molecule has 0 aromatic heterocycles. The molecule has 0 bridgehead atoms. The minimum Gasteiger partial charge on any atom is -0.310 e. The molecule has 10 heavy (non-hydrogen) atoms. The summed E-state index contributed by atoms with van der Waals surface area (Å²) in [5.41, 5.74) is 0. The van der Waals surface area contributed by atoms with Crippen molar-refractivity contribution in [2.45, 2.75) is 13.6 Å². The highest BCUT2D eigenvalue weighted by molar-refractivity contribution is 6.50. The Labute approximate surface area is 61.4 Å². The van der Waals surface area contributed by atoms with E-state index < -0.39 is 14.2 Å². The van der Waals surface area contributed by atoms with Gasteiger partial charge in [-0.25, -0.2) is 0 Å². The largest absolute Gasteiger partial charge is 0.440 e. The van der Waals surface area contributed by atoms with Gasteiger partial charge in [0.25, 0.3) is 0 Å². The zero-order valence-electron chi connectivity index (χ0n) is 6.81. The van der Waals surface area contributed by atoms with Gasteiger partial charge in [-0.15, -0.1) is 0 Å². The summed E-state index contributed by atoms with van der Waals surface area (Å²) in [7, 11) is 0.702. The first-order chi connectivity index (χ1) is 4.46. The van der Waals surface area contributed by atoms with Gasteiger partial charge in [0.15, 0.2) is 0 Å². The number of rotatable bonds is 3. The van der Waals surface area contributed by atoms with E-state index in [-0.39, 0.29) is 0 Å². The van der Waals surface area contributed by atoms with Gasteiger partial charge >= 0.3 is 14.2 Å². The molecule has 0 N–H and O–H groups in total. The molecule has 0 saturated heterocycles. The van der Waals surface area contributed by atoms with Gasteiger partial charge in [-0.1, -0.05) is 0 Å². The predicted octanol–water partition coefficient (Wildman–Crippen LogP) is 0.940. The fraction of sp³-hybridized carbons (Fsp3) is 1.00. The average molecular weight is 148 g/mol. The summed E-state index contributed by atoms with van der Waals surface area (Å²) in [6, 6.07) is 0. The van der Waals surface area contributed by atoms with Crippen LogP contribution < -0.4 is 0 Å². The summed E-state index contributed by atoms with van der Waals surface area (Å²) in [6.45, 7) is 2.72. The van der Waals surface area contributed by atoms with Crippen LogP contribution >= 0.6 is 0 Å². The second-order valence-electron chi connectivity index (χ2n) is 2.30. The van der Waals surface area contributed by atoms with E-state index in [1.807, 2.05) is 0 Å². The quantitative estimate of drug-likeness (QED) is 0.433. The first-order valence-electron chi connectivity index (χ1n) is 3.20. The van der Waals surface area contributed by atoms with Crippen molar-refractivity contribution in [2.24, 2.45) is 0 Å². The first-order valence-corrected chi connectivity index (χ1v) is 3.20.